The van der Waals surface area contributed by atoms with Crippen molar-refractivity contribution in [2.45, 2.75) is 13.2 Å². The van der Waals surface area contributed by atoms with Crippen LogP contribution in [-0.2, 0) is 22.7 Å². The fourth-order valence-corrected chi connectivity index (χ4v) is 2.17. The lowest BCUT2D eigenvalue weighted by atomic mass is 10.1. The van der Waals surface area contributed by atoms with E-state index in [0.717, 1.165) is 11.1 Å². The Morgan fingerprint density at radius 1 is 0.615 bits per heavy atom. The molecule has 0 bridgehead atoms. The van der Waals surface area contributed by atoms with Gasteiger partial charge in [-0.2, -0.15) is 0 Å². The van der Waals surface area contributed by atoms with Crippen LogP contribution in [-0.4, -0.2) is 21.9 Å². The maximum absolute atomic E-state index is 11.9. The highest BCUT2D eigenvalue weighted by Crippen LogP contribution is 2.10. The minimum Gasteiger partial charge on any atom is -0.457 e. The fraction of sp³-hybridized carbons (Fsp3) is 0.100. The molecule has 1 aromatic carbocycles. The molecule has 26 heavy (non-hydrogen) atoms. The zero-order valence-corrected chi connectivity index (χ0v) is 13.9. The van der Waals surface area contributed by atoms with Crippen LogP contribution in [0, 0.1) is 0 Å². The van der Waals surface area contributed by atoms with Gasteiger partial charge < -0.3 is 9.47 Å². The average Bonchev–Trinajstić information content (AvgIpc) is 2.72. The summed E-state index contributed by atoms with van der Waals surface area (Å²) < 4.78 is 10.5. The van der Waals surface area contributed by atoms with E-state index in [-0.39, 0.29) is 13.2 Å². The number of esters is 2. The quantitative estimate of drug-likeness (QED) is 0.637. The summed E-state index contributed by atoms with van der Waals surface area (Å²) in [6.45, 7) is 0.330. The summed E-state index contributed by atoms with van der Waals surface area (Å²) in [5.41, 5.74) is 2.60. The Morgan fingerprint density at radius 2 is 0.962 bits per heavy atom. The molecule has 0 unspecified atom stereocenters. The zero-order chi connectivity index (χ0) is 18.2. The van der Waals surface area contributed by atoms with Gasteiger partial charge in [-0.3, -0.25) is 9.97 Å². The second-order valence-electron chi connectivity index (χ2n) is 5.44. The molecule has 0 saturated heterocycles. The normalized spacial score (nSPS) is 10.2. The molecule has 3 aromatic rings. The molecule has 0 aliphatic carbocycles. The molecule has 0 spiro atoms. The molecule has 0 saturated carbocycles. The molecular weight excluding hydrogens is 332 g/mol. The molecule has 6 heteroatoms. The molecule has 0 N–H and O–H groups in total. The largest absolute Gasteiger partial charge is 0.457 e. The Labute approximate surface area is 150 Å². The van der Waals surface area contributed by atoms with Crippen molar-refractivity contribution >= 4 is 11.9 Å². The van der Waals surface area contributed by atoms with Crippen molar-refractivity contribution in [3.63, 3.8) is 0 Å². The fourth-order valence-electron chi connectivity index (χ4n) is 2.17. The van der Waals surface area contributed by atoms with Gasteiger partial charge in [-0.05, 0) is 35.4 Å². The molecular formula is C20H16N2O4. The van der Waals surface area contributed by atoms with Crippen molar-refractivity contribution in [1.29, 1.82) is 0 Å². The summed E-state index contributed by atoms with van der Waals surface area (Å²) >= 11 is 0. The summed E-state index contributed by atoms with van der Waals surface area (Å²) in [4.78, 5) is 31.5. The first kappa shape index (κ1) is 17.3. The molecule has 3 rings (SSSR count). The van der Waals surface area contributed by atoms with Gasteiger partial charge in [0.05, 0.1) is 11.1 Å². The van der Waals surface area contributed by atoms with E-state index in [1.165, 1.54) is 0 Å². The molecule has 0 aliphatic heterocycles. The van der Waals surface area contributed by atoms with E-state index in [2.05, 4.69) is 9.97 Å². The standard InChI is InChI=1S/C20H16N2O4/c23-19(17-5-9-21-10-6-17)25-13-15-1-2-16(4-3-15)14-26-20(24)18-7-11-22-12-8-18/h1-12H,13-14H2. The number of nitrogens with zero attached hydrogens (tertiary/aromatic N) is 2. The lowest BCUT2D eigenvalue weighted by Crippen LogP contribution is -2.06. The first-order valence-electron chi connectivity index (χ1n) is 7.94. The monoisotopic (exact) mass is 348 g/mol. The molecule has 0 fully saturated rings. The molecule has 2 heterocycles. The number of aromatic nitrogens is 2. The smallest absolute Gasteiger partial charge is 0.338 e. The van der Waals surface area contributed by atoms with E-state index in [4.69, 9.17) is 9.47 Å². The third-order valence-electron chi connectivity index (χ3n) is 3.59. The van der Waals surface area contributed by atoms with E-state index in [9.17, 15) is 9.59 Å². The van der Waals surface area contributed by atoms with Gasteiger partial charge in [0.25, 0.3) is 0 Å². The number of ether oxygens (including phenoxy) is 2. The van der Waals surface area contributed by atoms with Crippen LogP contribution >= 0.6 is 0 Å². The van der Waals surface area contributed by atoms with E-state index in [1.54, 1.807) is 49.1 Å². The number of benzene rings is 1. The van der Waals surface area contributed by atoms with Gasteiger partial charge in [-0.15, -0.1) is 0 Å². The lowest BCUT2D eigenvalue weighted by Gasteiger charge is -2.07. The lowest BCUT2D eigenvalue weighted by molar-refractivity contribution is 0.0460. The zero-order valence-electron chi connectivity index (χ0n) is 13.9. The number of pyridine rings is 2. The summed E-state index contributed by atoms with van der Waals surface area (Å²) in [6.07, 6.45) is 6.16. The predicted octanol–water partition coefficient (Wildman–Crippen LogP) is 3.19. The van der Waals surface area contributed by atoms with Crippen LogP contribution in [0.15, 0.2) is 73.3 Å². The predicted molar refractivity (Wildman–Crippen MR) is 93.2 cm³/mol. The Morgan fingerprint density at radius 3 is 1.31 bits per heavy atom. The third kappa shape index (κ3) is 4.73. The Kier molecular flexibility index (Phi) is 5.67. The first-order chi connectivity index (χ1) is 12.7. The average molecular weight is 348 g/mol. The van der Waals surface area contributed by atoms with E-state index >= 15 is 0 Å². The molecule has 0 atom stereocenters. The van der Waals surface area contributed by atoms with Crippen LogP contribution in [0.2, 0.25) is 0 Å². The number of carbonyl (C=O) groups excluding carboxylic acids is 2. The van der Waals surface area contributed by atoms with Crippen molar-refractivity contribution in [2.24, 2.45) is 0 Å². The highest BCUT2D eigenvalue weighted by atomic mass is 16.5. The van der Waals surface area contributed by atoms with E-state index < -0.39 is 11.9 Å². The molecule has 0 radical (unpaired) electrons. The van der Waals surface area contributed by atoms with Crippen LogP contribution in [0.5, 0.6) is 0 Å². The minimum atomic E-state index is -0.400. The van der Waals surface area contributed by atoms with Crippen molar-refractivity contribution in [3.05, 3.63) is 95.6 Å². The van der Waals surface area contributed by atoms with E-state index in [0.29, 0.717) is 11.1 Å². The highest BCUT2D eigenvalue weighted by molar-refractivity contribution is 5.89. The van der Waals surface area contributed by atoms with Gasteiger partial charge in [0, 0.05) is 24.8 Å². The second-order valence-corrected chi connectivity index (χ2v) is 5.44. The van der Waals surface area contributed by atoms with Crippen LogP contribution in [0.3, 0.4) is 0 Å². The van der Waals surface area contributed by atoms with Crippen LogP contribution in [0.1, 0.15) is 31.8 Å². The van der Waals surface area contributed by atoms with Crippen molar-refractivity contribution in [1.82, 2.24) is 9.97 Å². The van der Waals surface area contributed by atoms with E-state index in [1.807, 2.05) is 24.3 Å². The summed E-state index contributed by atoms with van der Waals surface area (Å²) in [7, 11) is 0. The maximum Gasteiger partial charge on any atom is 0.338 e. The molecule has 130 valence electrons. The first-order valence-corrected chi connectivity index (χ1v) is 7.94. The van der Waals surface area contributed by atoms with Crippen LogP contribution < -0.4 is 0 Å². The summed E-state index contributed by atoms with van der Waals surface area (Å²) in [5.74, 6) is -0.800. The molecule has 0 amide bonds. The molecule has 0 aliphatic rings. The summed E-state index contributed by atoms with van der Waals surface area (Å²) in [5, 5.41) is 0. The van der Waals surface area contributed by atoms with Crippen molar-refractivity contribution in [2.75, 3.05) is 0 Å². The van der Waals surface area contributed by atoms with Gasteiger partial charge >= 0.3 is 11.9 Å². The van der Waals surface area contributed by atoms with Crippen LogP contribution in [0.25, 0.3) is 0 Å². The number of carbonyl (C=O) groups is 2. The third-order valence-corrected chi connectivity index (χ3v) is 3.59. The molecule has 2 aromatic heterocycles. The minimum absolute atomic E-state index is 0.165. The van der Waals surface area contributed by atoms with Gasteiger partial charge in [-0.1, -0.05) is 24.3 Å². The SMILES string of the molecule is O=C(OCc1ccc(COC(=O)c2ccncc2)cc1)c1ccncc1. The van der Waals surface area contributed by atoms with Gasteiger partial charge in [0.15, 0.2) is 0 Å². The Bertz CT molecular complexity index is 791. The van der Waals surface area contributed by atoms with Crippen molar-refractivity contribution in [3.8, 4) is 0 Å². The Hall–Kier alpha value is -3.54. The second kappa shape index (κ2) is 8.53. The van der Waals surface area contributed by atoms with Gasteiger partial charge in [0.2, 0.25) is 0 Å². The number of hydrogen-bond acceptors (Lipinski definition) is 6. The number of rotatable bonds is 6. The van der Waals surface area contributed by atoms with Gasteiger partial charge in [0.1, 0.15) is 13.2 Å². The van der Waals surface area contributed by atoms with Gasteiger partial charge in [-0.25, -0.2) is 9.59 Å². The Balaban J connectivity index is 1.49. The molecule has 6 nitrogen and oxygen atoms in total. The van der Waals surface area contributed by atoms with Crippen LogP contribution in [0.4, 0.5) is 0 Å². The maximum atomic E-state index is 11.9. The topological polar surface area (TPSA) is 78.4 Å². The number of hydrogen-bond donors (Lipinski definition) is 0. The highest BCUT2D eigenvalue weighted by Gasteiger charge is 2.08. The summed E-state index contributed by atoms with van der Waals surface area (Å²) in [6, 6.07) is 13.7. The van der Waals surface area contributed by atoms with Crippen molar-refractivity contribution < 1.29 is 19.1 Å².